The van der Waals surface area contributed by atoms with E-state index < -0.39 is 5.97 Å². The number of carboxylic acids is 1. The number of ether oxygens (including phenoxy) is 1. The third-order valence-electron chi connectivity index (χ3n) is 4.02. The van der Waals surface area contributed by atoms with Gasteiger partial charge in [-0.3, -0.25) is 9.59 Å². The molecule has 2 rings (SSSR count). The number of carbonyl (C=O) groups is 2. The third kappa shape index (κ3) is 4.56. The first-order valence-electron chi connectivity index (χ1n) is 7.77. The number of hydrogen-bond donors (Lipinski definition) is 1. The molecule has 1 aromatic carbocycles. The molecule has 0 aromatic heterocycles. The Balaban J connectivity index is 1.90. The summed E-state index contributed by atoms with van der Waals surface area (Å²) < 4.78 is 5.29. The fourth-order valence-corrected chi connectivity index (χ4v) is 2.69. The van der Waals surface area contributed by atoms with E-state index in [1.165, 1.54) is 5.56 Å². The molecule has 0 bridgehead atoms. The predicted octanol–water partition coefficient (Wildman–Crippen LogP) is 1.88. The smallest absolute Gasteiger partial charge is 0.305 e. The minimum atomic E-state index is -0.900. The van der Waals surface area contributed by atoms with Crippen molar-refractivity contribution in [3.05, 3.63) is 35.4 Å². The Bertz CT molecular complexity index is 512. The lowest BCUT2D eigenvalue weighted by Crippen LogP contribution is -2.49. The summed E-state index contributed by atoms with van der Waals surface area (Å²) in [6.45, 7) is 3.38. The van der Waals surface area contributed by atoms with E-state index in [2.05, 4.69) is 31.2 Å². The van der Waals surface area contributed by atoms with Crippen LogP contribution in [0.1, 0.15) is 30.9 Å². The average molecular weight is 305 g/mol. The van der Waals surface area contributed by atoms with Gasteiger partial charge in [0.05, 0.1) is 25.7 Å². The van der Waals surface area contributed by atoms with Crippen molar-refractivity contribution in [2.45, 2.75) is 38.6 Å². The predicted molar refractivity (Wildman–Crippen MR) is 82.7 cm³/mol. The molecule has 1 atom stereocenters. The van der Waals surface area contributed by atoms with Gasteiger partial charge in [-0.25, -0.2) is 0 Å². The lowest BCUT2D eigenvalue weighted by atomic mass is 10.0. The van der Waals surface area contributed by atoms with Crippen LogP contribution in [0.3, 0.4) is 0 Å². The van der Waals surface area contributed by atoms with Crippen LogP contribution >= 0.6 is 0 Å². The second kappa shape index (κ2) is 7.94. The number of benzene rings is 1. The van der Waals surface area contributed by atoms with E-state index in [0.717, 1.165) is 12.0 Å². The van der Waals surface area contributed by atoms with Crippen molar-refractivity contribution in [2.24, 2.45) is 0 Å². The van der Waals surface area contributed by atoms with Crippen molar-refractivity contribution in [1.82, 2.24) is 4.90 Å². The second-order valence-electron chi connectivity index (χ2n) is 5.58. The highest BCUT2D eigenvalue weighted by Gasteiger charge is 2.28. The molecular formula is C17H23NO4. The minimum absolute atomic E-state index is 0.00844. The van der Waals surface area contributed by atoms with Crippen LogP contribution in [-0.4, -0.2) is 47.7 Å². The van der Waals surface area contributed by atoms with E-state index in [0.29, 0.717) is 32.6 Å². The highest BCUT2D eigenvalue weighted by atomic mass is 16.5. The molecule has 5 heteroatoms. The van der Waals surface area contributed by atoms with Gasteiger partial charge >= 0.3 is 5.97 Å². The second-order valence-corrected chi connectivity index (χ2v) is 5.58. The molecule has 1 unspecified atom stereocenters. The quantitative estimate of drug-likeness (QED) is 0.871. The van der Waals surface area contributed by atoms with Crippen LogP contribution in [0.5, 0.6) is 0 Å². The highest BCUT2D eigenvalue weighted by molar-refractivity contribution is 5.78. The van der Waals surface area contributed by atoms with Crippen LogP contribution in [0.2, 0.25) is 0 Å². The zero-order valence-corrected chi connectivity index (χ0v) is 13.0. The Morgan fingerprint density at radius 2 is 1.95 bits per heavy atom. The van der Waals surface area contributed by atoms with Crippen LogP contribution in [0, 0.1) is 0 Å². The summed E-state index contributed by atoms with van der Waals surface area (Å²) in [6, 6.07) is 7.94. The molecule has 0 saturated carbocycles. The number of rotatable bonds is 6. The maximum Gasteiger partial charge on any atom is 0.305 e. The Hall–Kier alpha value is -1.88. The van der Waals surface area contributed by atoms with E-state index in [9.17, 15) is 9.59 Å². The fourth-order valence-electron chi connectivity index (χ4n) is 2.69. The van der Waals surface area contributed by atoms with Crippen LogP contribution in [0.25, 0.3) is 0 Å². The first kappa shape index (κ1) is 16.5. The topological polar surface area (TPSA) is 66.8 Å². The third-order valence-corrected chi connectivity index (χ3v) is 4.02. The van der Waals surface area contributed by atoms with Crippen molar-refractivity contribution in [3.8, 4) is 0 Å². The van der Waals surface area contributed by atoms with Gasteiger partial charge in [0.1, 0.15) is 0 Å². The first-order valence-corrected chi connectivity index (χ1v) is 7.77. The molecule has 0 spiro atoms. The van der Waals surface area contributed by atoms with Crippen molar-refractivity contribution in [3.63, 3.8) is 0 Å². The maximum atomic E-state index is 12.4. The van der Waals surface area contributed by atoms with E-state index in [4.69, 9.17) is 9.84 Å². The minimum Gasteiger partial charge on any atom is -0.481 e. The van der Waals surface area contributed by atoms with Crippen LogP contribution < -0.4 is 0 Å². The molecule has 0 radical (unpaired) electrons. The molecule has 5 nitrogen and oxygen atoms in total. The van der Waals surface area contributed by atoms with Crippen molar-refractivity contribution in [2.75, 3.05) is 19.8 Å². The number of aliphatic carboxylic acids is 1. The summed E-state index contributed by atoms with van der Waals surface area (Å²) >= 11 is 0. The van der Waals surface area contributed by atoms with E-state index in [1.54, 1.807) is 4.90 Å². The molecule has 1 aromatic rings. The van der Waals surface area contributed by atoms with Gasteiger partial charge in [0.15, 0.2) is 0 Å². The number of carboxylic acid groups (broad SMARTS) is 1. The zero-order valence-electron chi connectivity index (χ0n) is 13.0. The standard InChI is InChI=1S/C17H23NO4/c1-2-13-3-5-14(6-4-13)7-8-16(19)18-9-10-22-12-15(18)11-17(20)21/h3-6,15H,2,7-12H2,1H3,(H,20,21). The lowest BCUT2D eigenvalue weighted by molar-refractivity contribution is -0.146. The average Bonchev–Trinajstić information content (AvgIpc) is 2.53. The van der Waals surface area contributed by atoms with Crippen molar-refractivity contribution >= 4 is 11.9 Å². The zero-order chi connectivity index (χ0) is 15.9. The molecule has 1 heterocycles. The van der Waals surface area contributed by atoms with Gasteiger partial charge in [-0.05, 0) is 24.0 Å². The van der Waals surface area contributed by atoms with Crippen LogP contribution in [0.4, 0.5) is 0 Å². The maximum absolute atomic E-state index is 12.4. The fraction of sp³-hybridized carbons (Fsp3) is 0.529. The molecule has 1 fully saturated rings. The normalized spacial score (nSPS) is 18.2. The van der Waals surface area contributed by atoms with Gasteiger partial charge in [-0.15, -0.1) is 0 Å². The molecule has 1 saturated heterocycles. The van der Waals surface area contributed by atoms with Gasteiger partial charge in [0.25, 0.3) is 0 Å². The molecular weight excluding hydrogens is 282 g/mol. The van der Waals surface area contributed by atoms with E-state index in [1.807, 2.05) is 0 Å². The molecule has 1 N–H and O–H groups in total. The summed E-state index contributed by atoms with van der Waals surface area (Å²) in [5.74, 6) is -0.891. The molecule has 1 amide bonds. The van der Waals surface area contributed by atoms with Crippen LogP contribution in [0.15, 0.2) is 24.3 Å². The summed E-state index contributed by atoms with van der Waals surface area (Å²) in [4.78, 5) is 24.9. The van der Waals surface area contributed by atoms with Gasteiger partial charge in [0.2, 0.25) is 5.91 Å². The van der Waals surface area contributed by atoms with Gasteiger partial charge in [-0.2, -0.15) is 0 Å². The molecule has 22 heavy (non-hydrogen) atoms. The van der Waals surface area contributed by atoms with Crippen molar-refractivity contribution in [1.29, 1.82) is 0 Å². The molecule has 1 aliphatic heterocycles. The van der Waals surface area contributed by atoms with Gasteiger partial charge < -0.3 is 14.7 Å². The SMILES string of the molecule is CCc1ccc(CCC(=O)N2CCOCC2CC(=O)O)cc1. The number of morpholine rings is 1. The van der Waals surface area contributed by atoms with E-state index >= 15 is 0 Å². The number of hydrogen-bond acceptors (Lipinski definition) is 3. The largest absolute Gasteiger partial charge is 0.481 e. The highest BCUT2D eigenvalue weighted by Crippen LogP contribution is 2.14. The number of amides is 1. The number of carbonyl (C=O) groups excluding carboxylic acids is 1. The first-order chi connectivity index (χ1) is 10.6. The summed E-state index contributed by atoms with van der Waals surface area (Å²) in [5.41, 5.74) is 2.42. The molecule has 1 aliphatic rings. The Kier molecular flexibility index (Phi) is 5.95. The van der Waals surface area contributed by atoms with Gasteiger partial charge in [-0.1, -0.05) is 31.2 Å². The van der Waals surface area contributed by atoms with Gasteiger partial charge in [0, 0.05) is 13.0 Å². The number of aryl methyl sites for hydroxylation is 2. The Morgan fingerprint density at radius 1 is 1.27 bits per heavy atom. The monoisotopic (exact) mass is 305 g/mol. The number of nitrogens with zero attached hydrogens (tertiary/aromatic N) is 1. The Morgan fingerprint density at radius 3 is 2.59 bits per heavy atom. The van der Waals surface area contributed by atoms with E-state index in [-0.39, 0.29) is 18.4 Å². The van der Waals surface area contributed by atoms with Crippen molar-refractivity contribution < 1.29 is 19.4 Å². The lowest BCUT2D eigenvalue weighted by Gasteiger charge is -2.35. The summed E-state index contributed by atoms with van der Waals surface area (Å²) in [6.07, 6.45) is 2.03. The molecule has 0 aliphatic carbocycles. The summed E-state index contributed by atoms with van der Waals surface area (Å²) in [5, 5.41) is 8.93. The molecule has 120 valence electrons. The summed E-state index contributed by atoms with van der Waals surface area (Å²) in [7, 11) is 0. The van der Waals surface area contributed by atoms with Crippen LogP contribution in [-0.2, 0) is 27.2 Å². The Labute approximate surface area is 130 Å².